The smallest absolute Gasteiger partial charge is 0.320 e. The molecule has 0 aromatic heterocycles. The van der Waals surface area contributed by atoms with Gasteiger partial charge in [-0.15, -0.1) is 0 Å². The molecule has 0 saturated heterocycles. The molecular weight excluding hydrogens is 203 g/mol. The number of rotatable bonds is 4. The third kappa shape index (κ3) is 4.41. The fourth-order valence-electron chi connectivity index (χ4n) is 2.35. The van der Waals surface area contributed by atoms with Crippen LogP contribution in [0.5, 0.6) is 0 Å². The quantitative estimate of drug-likeness (QED) is 0.721. The Kier molecular flexibility index (Phi) is 4.90. The Bertz CT molecular complexity index is 171. The summed E-state index contributed by atoms with van der Waals surface area (Å²) in [4.78, 5) is 0. The van der Waals surface area contributed by atoms with E-state index in [0.29, 0.717) is 18.8 Å². The third-order valence-corrected chi connectivity index (χ3v) is 3.35. The summed E-state index contributed by atoms with van der Waals surface area (Å²) in [6, 6.07) is 0. The van der Waals surface area contributed by atoms with Gasteiger partial charge in [-0.05, 0) is 58.0 Å². The van der Waals surface area contributed by atoms with E-state index in [1.165, 1.54) is 0 Å². The summed E-state index contributed by atoms with van der Waals surface area (Å²) in [5.41, 5.74) is 0. The monoisotopic (exact) mass is 223 g/mol. The minimum absolute atomic E-state index is 0.341. The Balaban J connectivity index is 2.18. The minimum atomic E-state index is -3.96. The van der Waals surface area contributed by atoms with Crippen molar-refractivity contribution in [1.29, 1.82) is 0 Å². The van der Waals surface area contributed by atoms with Crippen molar-refractivity contribution in [3.05, 3.63) is 0 Å². The van der Waals surface area contributed by atoms with Crippen LogP contribution in [0.15, 0.2) is 0 Å². The molecule has 1 N–H and O–H groups in total. The van der Waals surface area contributed by atoms with Crippen LogP contribution in [0.25, 0.3) is 0 Å². The molecule has 1 aliphatic rings. The van der Waals surface area contributed by atoms with Crippen molar-refractivity contribution in [2.45, 2.75) is 44.7 Å². The van der Waals surface area contributed by atoms with Gasteiger partial charge in [0.2, 0.25) is 0 Å². The van der Waals surface area contributed by atoms with E-state index in [2.05, 4.69) is 5.32 Å². The first-order valence-corrected chi connectivity index (χ1v) is 5.75. The zero-order valence-electron chi connectivity index (χ0n) is 9.24. The Morgan fingerprint density at radius 3 is 2.20 bits per heavy atom. The minimum Gasteiger partial charge on any atom is -0.320 e. The molecule has 15 heavy (non-hydrogen) atoms. The maximum atomic E-state index is 12.4. The highest BCUT2D eigenvalue weighted by Gasteiger charge is 2.41. The molecule has 0 bridgehead atoms. The van der Waals surface area contributed by atoms with Crippen molar-refractivity contribution >= 4 is 0 Å². The molecule has 1 nitrogen and oxygen atoms in total. The van der Waals surface area contributed by atoms with E-state index >= 15 is 0 Å². The van der Waals surface area contributed by atoms with Gasteiger partial charge in [-0.2, -0.15) is 13.2 Å². The molecule has 4 heteroatoms. The lowest BCUT2D eigenvalue weighted by Crippen LogP contribution is -2.27. The van der Waals surface area contributed by atoms with Crippen LogP contribution < -0.4 is 5.32 Å². The molecular formula is C11H20F3N. The van der Waals surface area contributed by atoms with Crippen molar-refractivity contribution in [2.24, 2.45) is 11.8 Å². The molecule has 0 radical (unpaired) electrons. The van der Waals surface area contributed by atoms with Gasteiger partial charge in [0.25, 0.3) is 0 Å². The zero-order valence-corrected chi connectivity index (χ0v) is 9.24. The molecule has 0 aliphatic heterocycles. The van der Waals surface area contributed by atoms with Crippen molar-refractivity contribution < 1.29 is 13.2 Å². The summed E-state index contributed by atoms with van der Waals surface area (Å²) >= 11 is 0. The number of alkyl halides is 3. The van der Waals surface area contributed by atoms with E-state index in [1.54, 1.807) is 0 Å². The van der Waals surface area contributed by atoms with Gasteiger partial charge in [-0.3, -0.25) is 0 Å². The fraction of sp³-hybridized carbons (Fsp3) is 1.00. The predicted octanol–water partition coefficient (Wildman–Crippen LogP) is 3.35. The lowest BCUT2D eigenvalue weighted by Gasteiger charge is -2.29. The first kappa shape index (κ1) is 12.8. The van der Waals surface area contributed by atoms with Crippen molar-refractivity contribution in [3.8, 4) is 0 Å². The van der Waals surface area contributed by atoms with Crippen LogP contribution in [0.3, 0.4) is 0 Å². The summed E-state index contributed by atoms with van der Waals surface area (Å²) in [5.74, 6) is -0.505. The van der Waals surface area contributed by atoms with Gasteiger partial charge in [-0.25, -0.2) is 0 Å². The van der Waals surface area contributed by atoms with Gasteiger partial charge >= 0.3 is 6.18 Å². The summed E-state index contributed by atoms with van der Waals surface area (Å²) in [7, 11) is 1.90. The van der Waals surface area contributed by atoms with E-state index in [9.17, 15) is 13.2 Å². The number of hydrogen-bond donors (Lipinski definition) is 1. The maximum Gasteiger partial charge on any atom is 0.391 e. The molecule has 0 heterocycles. The Hall–Kier alpha value is -0.250. The maximum absolute atomic E-state index is 12.4. The van der Waals surface area contributed by atoms with E-state index in [1.807, 2.05) is 7.05 Å². The second kappa shape index (κ2) is 5.73. The predicted molar refractivity (Wildman–Crippen MR) is 54.7 cm³/mol. The summed E-state index contributed by atoms with van der Waals surface area (Å²) in [5, 5.41) is 3.06. The van der Waals surface area contributed by atoms with Crippen LogP contribution in [0.2, 0.25) is 0 Å². The molecule has 0 aromatic rings. The average molecular weight is 223 g/mol. The van der Waals surface area contributed by atoms with Crippen LogP contribution in [-0.4, -0.2) is 19.8 Å². The Morgan fingerprint density at radius 2 is 1.73 bits per heavy atom. The molecule has 0 spiro atoms. The molecule has 0 unspecified atom stereocenters. The number of halogens is 3. The largest absolute Gasteiger partial charge is 0.391 e. The molecule has 90 valence electrons. The standard InChI is InChI=1S/C11H20F3N/c1-15-8-2-3-9-4-6-10(7-5-9)11(12,13)14/h9-10,15H,2-8H2,1H3. The molecule has 0 aromatic carbocycles. The highest BCUT2D eigenvalue weighted by Crippen LogP contribution is 2.40. The average Bonchev–Trinajstić information content (AvgIpc) is 2.18. The van der Waals surface area contributed by atoms with Crippen molar-refractivity contribution in [1.82, 2.24) is 5.32 Å². The Labute approximate surface area is 89.4 Å². The van der Waals surface area contributed by atoms with E-state index in [0.717, 1.165) is 32.2 Å². The van der Waals surface area contributed by atoms with E-state index < -0.39 is 12.1 Å². The van der Waals surface area contributed by atoms with Crippen molar-refractivity contribution in [3.63, 3.8) is 0 Å². The summed E-state index contributed by atoms with van der Waals surface area (Å²) < 4.78 is 37.1. The zero-order chi connectivity index (χ0) is 11.3. The van der Waals surface area contributed by atoms with Crippen LogP contribution in [0.1, 0.15) is 38.5 Å². The summed E-state index contributed by atoms with van der Waals surface area (Å²) in [6.45, 7) is 0.971. The first-order chi connectivity index (χ1) is 7.04. The van der Waals surface area contributed by atoms with E-state index in [4.69, 9.17) is 0 Å². The number of hydrogen-bond acceptors (Lipinski definition) is 1. The lowest BCUT2D eigenvalue weighted by molar-refractivity contribution is -0.184. The first-order valence-electron chi connectivity index (χ1n) is 5.75. The Morgan fingerprint density at radius 1 is 1.13 bits per heavy atom. The SMILES string of the molecule is CNCCCC1CCC(C(F)(F)F)CC1. The van der Waals surface area contributed by atoms with Gasteiger partial charge in [0, 0.05) is 0 Å². The van der Waals surface area contributed by atoms with Crippen molar-refractivity contribution in [2.75, 3.05) is 13.6 Å². The summed E-state index contributed by atoms with van der Waals surface area (Å²) in [6.07, 6.45) is 0.391. The second-order valence-corrected chi connectivity index (χ2v) is 4.51. The molecule has 0 atom stereocenters. The molecule has 1 rings (SSSR count). The van der Waals surface area contributed by atoms with E-state index in [-0.39, 0.29) is 0 Å². The van der Waals surface area contributed by atoms with Gasteiger partial charge < -0.3 is 5.32 Å². The highest BCUT2D eigenvalue weighted by atomic mass is 19.4. The fourth-order valence-corrected chi connectivity index (χ4v) is 2.35. The number of nitrogens with one attached hydrogen (secondary N) is 1. The van der Waals surface area contributed by atoms with Crippen LogP contribution in [0.4, 0.5) is 13.2 Å². The van der Waals surface area contributed by atoms with Crippen LogP contribution in [0, 0.1) is 11.8 Å². The van der Waals surface area contributed by atoms with Gasteiger partial charge in [0.1, 0.15) is 0 Å². The second-order valence-electron chi connectivity index (χ2n) is 4.51. The van der Waals surface area contributed by atoms with Gasteiger partial charge in [0.15, 0.2) is 0 Å². The van der Waals surface area contributed by atoms with Gasteiger partial charge in [0.05, 0.1) is 5.92 Å². The molecule has 1 aliphatic carbocycles. The van der Waals surface area contributed by atoms with Gasteiger partial charge in [-0.1, -0.05) is 0 Å². The van der Waals surface area contributed by atoms with Crippen LogP contribution in [-0.2, 0) is 0 Å². The van der Waals surface area contributed by atoms with Crippen LogP contribution >= 0.6 is 0 Å². The molecule has 1 fully saturated rings. The highest BCUT2D eigenvalue weighted by molar-refractivity contribution is 4.77. The third-order valence-electron chi connectivity index (χ3n) is 3.35. The lowest BCUT2D eigenvalue weighted by atomic mass is 9.80. The molecule has 1 saturated carbocycles. The normalized spacial score (nSPS) is 28.0. The topological polar surface area (TPSA) is 12.0 Å². The molecule has 0 amide bonds.